The highest BCUT2D eigenvalue weighted by atomic mass is 16.3. The van der Waals surface area contributed by atoms with Crippen LogP contribution in [0, 0.1) is 5.41 Å². The molecule has 0 spiro atoms. The van der Waals surface area contributed by atoms with Gasteiger partial charge < -0.3 is 14.2 Å². The number of rotatable bonds is 5. The van der Waals surface area contributed by atoms with Gasteiger partial charge >= 0.3 is 0 Å². The SMILES string of the molecule is CCCc1nc(C(=O)N2CCC3CCC(C2)N3C(=O)C(N2C(=O)CCC2=O)C(C)(C)C)co1. The van der Waals surface area contributed by atoms with Crippen LogP contribution in [0.15, 0.2) is 10.7 Å². The fourth-order valence-electron chi connectivity index (χ4n) is 5.41. The number of amides is 4. The molecule has 0 radical (unpaired) electrons. The summed E-state index contributed by atoms with van der Waals surface area (Å²) in [6, 6.07) is -0.989. The van der Waals surface area contributed by atoms with Crippen molar-refractivity contribution in [2.24, 2.45) is 5.41 Å². The molecule has 3 aliphatic rings. The average Bonchev–Trinajstić information content (AvgIpc) is 3.40. The molecule has 3 aliphatic heterocycles. The zero-order valence-corrected chi connectivity index (χ0v) is 20.0. The first-order chi connectivity index (χ1) is 15.6. The minimum absolute atomic E-state index is 0.00841. The molecule has 9 nitrogen and oxygen atoms in total. The number of nitrogens with zero attached hydrogens (tertiary/aromatic N) is 4. The van der Waals surface area contributed by atoms with E-state index in [1.54, 1.807) is 4.90 Å². The van der Waals surface area contributed by atoms with Crippen LogP contribution in [0.2, 0.25) is 0 Å². The maximum atomic E-state index is 13.9. The minimum Gasteiger partial charge on any atom is -0.448 e. The average molecular weight is 459 g/mol. The number of carbonyl (C=O) groups is 4. The third kappa shape index (κ3) is 4.42. The van der Waals surface area contributed by atoms with Crippen molar-refractivity contribution >= 4 is 23.6 Å². The Hall–Kier alpha value is -2.71. The molecule has 9 heteroatoms. The predicted molar refractivity (Wildman–Crippen MR) is 119 cm³/mol. The standard InChI is InChI=1S/C24H34N4O5/c1-5-6-18-25-17(14-33-18)22(31)26-12-11-15-7-8-16(13-26)27(15)23(32)21(24(2,3)4)28-19(29)9-10-20(28)30/h14-16,21H,5-13H2,1-4H3. The molecular weight excluding hydrogens is 424 g/mol. The number of fused-ring (bicyclic) bond motifs is 2. The van der Waals surface area contributed by atoms with E-state index in [1.165, 1.54) is 11.2 Å². The Morgan fingerprint density at radius 3 is 2.42 bits per heavy atom. The summed E-state index contributed by atoms with van der Waals surface area (Å²) in [5.41, 5.74) is -0.292. The van der Waals surface area contributed by atoms with Crippen molar-refractivity contribution in [2.75, 3.05) is 13.1 Å². The number of aryl methyl sites for hydroxylation is 1. The van der Waals surface area contributed by atoms with Crippen LogP contribution in [0.25, 0.3) is 0 Å². The Morgan fingerprint density at radius 1 is 1.12 bits per heavy atom. The predicted octanol–water partition coefficient (Wildman–Crippen LogP) is 2.40. The summed E-state index contributed by atoms with van der Waals surface area (Å²) in [6.45, 7) is 8.64. The Labute approximate surface area is 194 Å². The van der Waals surface area contributed by atoms with Gasteiger partial charge in [-0.1, -0.05) is 27.7 Å². The lowest BCUT2D eigenvalue weighted by Gasteiger charge is -2.40. The van der Waals surface area contributed by atoms with Crippen LogP contribution in [-0.2, 0) is 20.8 Å². The second-order valence-electron chi connectivity index (χ2n) is 10.5. The molecule has 3 saturated heterocycles. The fourth-order valence-corrected chi connectivity index (χ4v) is 5.41. The first-order valence-electron chi connectivity index (χ1n) is 12.0. The number of hydrogen-bond acceptors (Lipinski definition) is 6. The molecule has 1 aromatic heterocycles. The molecule has 0 aromatic carbocycles. The van der Waals surface area contributed by atoms with Gasteiger partial charge in [0.15, 0.2) is 11.6 Å². The van der Waals surface area contributed by atoms with Crippen LogP contribution < -0.4 is 0 Å². The van der Waals surface area contributed by atoms with E-state index < -0.39 is 11.5 Å². The van der Waals surface area contributed by atoms with Gasteiger partial charge in [-0.25, -0.2) is 4.98 Å². The second kappa shape index (κ2) is 8.91. The van der Waals surface area contributed by atoms with Crippen molar-refractivity contribution in [1.29, 1.82) is 0 Å². The Balaban J connectivity index is 1.55. The van der Waals surface area contributed by atoms with Crippen LogP contribution in [-0.4, -0.2) is 74.5 Å². The van der Waals surface area contributed by atoms with Crippen molar-refractivity contribution in [2.45, 2.75) is 90.8 Å². The zero-order valence-electron chi connectivity index (χ0n) is 20.0. The molecular formula is C24H34N4O5. The topological polar surface area (TPSA) is 104 Å². The molecule has 4 amide bonds. The lowest BCUT2D eigenvalue weighted by molar-refractivity contribution is -0.156. The van der Waals surface area contributed by atoms with Crippen LogP contribution in [0.3, 0.4) is 0 Å². The van der Waals surface area contributed by atoms with Gasteiger partial charge in [0, 0.05) is 44.4 Å². The molecule has 0 saturated carbocycles. The molecule has 3 unspecified atom stereocenters. The van der Waals surface area contributed by atoms with E-state index >= 15 is 0 Å². The van der Waals surface area contributed by atoms with Crippen molar-refractivity contribution in [3.8, 4) is 0 Å². The Morgan fingerprint density at radius 2 is 1.79 bits per heavy atom. The molecule has 4 rings (SSSR count). The molecule has 1 aromatic rings. The highest BCUT2D eigenvalue weighted by Crippen LogP contribution is 2.36. The molecule has 0 N–H and O–H groups in total. The van der Waals surface area contributed by atoms with Gasteiger partial charge in [-0.15, -0.1) is 0 Å². The van der Waals surface area contributed by atoms with Crippen LogP contribution in [0.4, 0.5) is 0 Å². The van der Waals surface area contributed by atoms with Gasteiger partial charge in [-0.3, -0.25) is 24.1 Å². The van der Waals surface area contributed by atoms with E-state index in [9.17, 15) is 19.2 Å². The first-order valence-corrected chi connectivity index (χ1v) is 12.0. The summed E-state index contributed by atoms with van der Waals surface area (Å²) in [4.78, 5) is 61.2. The Bertz CT molecular complexity index is 933. The smallest absolute Gasteiger partial charge is 0.275 e. The molecule has 3 atom stereocenters. The number of imide groups is 1. The highest BCUT2D eigenvalue weighted by molar-refractivity contribution is 6.06. The quantitative estimate of drug-likeness (QED) is 0.628. The summed E-state index contributed by atoms with van der Waals surface area (Å²) >= 11 is 0. The van der Waals surface area contributed by atoms with Gasteiger partial charge in [-0.05, 0) is 31.1 Å². The lowest BCUT2D eigenvalue weighted by Crippen LogP contribution is -2.59. The summed E-state index contributed by atoms with van der Waals surface area (Å²) in [7, 11) is 0. The van der Waals surface area contributed by atoms with E-state index in [0.29, 0.717) is 37.5 Å². The molecule has 0 aliphatic carbocycles. The van der Waals surface area contributed by atoms with E-state index in [1.807, 2.05) is 32.6 Å². The van der Waals surface area contributed by atoms with Crippen molar-refractivity contribution < 1.29 is 23.6 Å². The maximum Gasteiger partial charge on any atom is 0.275 e. The van der Waals surface area contributed by atoms with Gasteiger partial charge in [0.1, 0.15) is 12.3 Å². The van der Waals surface area contributed by atoms with Gasteiger partial charge in [0.25, 0.3) is 5.91 Å². The number of hydrogen-bond donors (Lipinski definition) is 0. The maximum absolute atomic E-state index is 13.9. The van der Waals surface area contributed by atoms with Crippen LogP contribution in [0.1, 0.15) is 82.6 Å². The summed E-state index contributed by atoms with van der Waals surface area (Å²) in [6.07, 6.45) is 5.61. The monoisotopic (exact) mass is 458 g/mol. The lowest BCUT2D eigenvalue weighted by atomic mass is 9.84. The summed E-state index contributed by atoms with van der Waals surface area (Å²) in [5.74, 6) is -0.359. The van der Waals surface area contributed by atoms with E-state index in [4.69, 9.17) is 4.42 Å². The van der Waals surface area contributed by atoms with Gasteiger partial charge in [-0.2, -0.15) is 0 Å². The zero-order chi connectivity index (χ0) is 23.9. The number of aromatic nitrogens is 1. The number of likely N-dealkylation sites (tertiary alicyclic amines) is 2. The molecule has 180 valence electrons. The number of oxazole rings is 1. The third-order valence-corrected chi connectivity index (χ3v) is 6.96. The number of carbonyl (C=O) groups excluding carboxylic acids is 4. The first kappa shape index (κ1) is 23.4. The molecule has 2 bridgehead atoms. The third-order valence-electron chi connectivity index (χ3n) is 6.96. The normalized spacial score (nSPS) is 24.4. The van der Waals surface area contributed by atoms with Gasteiger partial charge in [0.2, 0.25) is 17.7 Å². The Kier molecular flexibility index (Phi) is 6.33. The fraction of sp³-hybridized carbons (Fsp3) is 0.708. The van der Waals surface area contributed by atoms with Crippen LogP contribution in [0.5, 0.6) is 0 Å². The molecule has 3 fully saturated rings. The van der Waals surface area contributed by atoms with Crippen molar-refractivity contribution in [3.63, 3.8) is 0 Å². The van der Waals surface area contributed by atoms with Crippen LogP contribution >= 0.6 is 0 Å². The van der Waals surface area contributed by atoms with E-state index in [2.05, 4.69) is 4.98 Å². The largest absolute Gasteiger partial charge is 0.448 e. The summed E-state index contributed by atoms with van der Waals surface area (Å²) < 4.78 is 5.42. The minimum atomic E-state index is -0.836. The van der Waals surface area contributed by atoms with Crippen molar-refractivity contribution in [1.82, 2.24) is 19.7 Å². The van der Waals surface area contributed by atoms with E-state index in [0.717, 1.165) is 19.3 Å². The van der Waals surface area contributed by atoms with Crippen molar-refractivity contribution in [3.05, 3.63) is 17.8 Å². The summed E-state index contributed by atoms with van der Waals surface area (Å²) in [5, 5.41) is 0. The molecule has 33 heavy (non-hydrogen) atoms. The van der Waals surface area contributed by atoms with E-state index in [-0.39, 0.29) is 48.6 Å². The van der Waals surface area contributed by atoms with Gasteiger partial charge in [0.05, 0.1) is 0 Å². The molecule has 4 heterocycles. The second-order valence-corrected chi connectivity index (χ2v) is 10.5. The highest BCUT2D eigenvalue weighted by Gasteiger charge is 2.50.